The van der Waals surface area contributed by atoms with Gasteiger partial charge in [0.15, 0.2) is 23.1 Å². The Balaban J connectivity index is 1.12. The molecular formula is C32H33ClN6O10. The number of hydrogen-bond acceptors (Lipinski definition) is 13. The van der Waals surface area contributed by atoms with Gasteiger partial charge in [0.25, 0.3) is 0 Å². The summed E-state index contributed by atoms with van der Waals surface area (Å²) in [7, 11) is 0. The van der Waals surface area contributed by atoms with Crippen LogP contribution in [0.4, 0.5) is 9.59 Å². The van der Waals surface area contributed by atoms with Crippen LogP contribution in [0.2, 0.25) is 5.15 Å². The van der Waals surface area contributed by atoms with Gasteiger partial charge in [-0.3, -0.25) is 0 Å². The van der Waals surface area contributed by atoms with Crippen molar-refractivity contribution in [2.45, 2.75) is 70.4 Å². The number of nitrogens with one attached hydrogen (secondary N) is 1. The van der Waals surface area contributed by atoms with Crippen molar-refractivity contribution in [1.29, 1.82) is 0 Å². The van der Waals surface area contributed by atoms with Gasteiger partial charge in [-0.15, -0.1) is 10.2 Å². The van der Waals surface area contributed by atoms with Gasteiger partial charge in [0.2, 0.25) is 12.1 Å². The number of imidazole rings is 1. The van der Waals surface area contributed by atoms with Gasteiger partial charge in [-0.25, -0.2) is 19.4 Å². The number of carboxylic acid groups (broad SMARTS) is 1. The van der Waals surface area contributed by atoms with Crippen LogP contribution in [-0.2, 0) is 41.4 Å². The van der Waals surface area contributed by atoms with Gasteiger partial charge < -0.3 is 38.1 Å². The number of nitrogens with zero attached hydrogens (tertiary/aromatic N) is 5. The smallest absolute Gasteiger partial charge is 0.450 e. The molecule has 2 aliphatic heterocycles. The van der Waals surface area contributed by atoms with Crippen LogP contribution < -0.4 is 0 Å². The average Bonchev–Trinajstić information content (AvgIpc) is 3.87. The van der Waals surface area contributed by atoms with Gasteiger partial charge in [-0.1, -0.05) is 73.5 Å². The quantitative estimate of drug-likeness (QED) is 0.118. The highest BCUT2D eigenvalue weighted by atomic mass is 35.5. The lowest BCUT2D eigenvalue weighted by Crippen LogP contribution is -2.36. The van der Waals surface area contributed by atoms with E-state index in [1.807, 2.05) is 55.5 Å². The lowest BCUT2D eigenvalue weighted by Gasteiger charge is -2.19. The third-order valence-corrected chi connectivity index (χ3v) is 8.33. The number of hydrogen-bond donors (Lipinski definition) is 2. The van der Waals surface area contributed by atoms with Crippen LogP contribution in [0.15, 0.2) is 48.5 Å². The molecule has 2 aromatic heterocycles. The highest BCUT2D eigenvalue weighted by Crippen LogP contribution is 2.32. The van der Waals surface area contributed by atoms with Crippen LogP contribution in [0, 0.1) is 0 Å². The molecule has 5 atom stereocenters. The summed E-state index contributed by atoms with van der Waals surface area (Å²) < 4.78 is 33.5. The summed E-state index contributed by atoms with van der Waals surface area (Å²) in [5.74, 6) is 0.243. The molecule has 6 rings (SSSR count). The Morgan fingerprint density at radius 3 is 2.37 bits per heavy atom. The van der Waals surface area contributed by atoms with Crippen LogP contribution >= 0.6 is 11.6 Å². The number of halogens is 1. The standard InChI is InChI=1S/C32H33ClN6O10/c1-3-4-9-24-34-28(33)25(30(40)46-17(2)47-32(43)49-23-16-45-26-22(48-31(41)42)15-44-27(23)26)39(24)14-18-10-12-19(13-11-18)20-7-5-6-8-21(20)29-35-37-38-36-29/h5-8,10-13,17,22-23,26-27H,3-4,9,14-16H2,1-2H3,(H,41,42)(H,35,36,37,38)/t17?,22-,23-,26-,27-/m1/s1. The fraction of sp³-hybridized carbons (Fsp3) is 0.406. The number of aromatic nitrogens is 6. The summed E-state index contributed by atoms with van der Waals surface area (Å²) in [6, 6.07) is 15.5. The number of aryl methyl sites for hydroxylation is 1. The van der Waals surface area contributed by atoms with Crippen molar-refractivity contribution in [3.05, 3.63) is 70.8 Å². The van der Waals surface area contributed by atoms with E-state index in [0.717, 1.165) is 35.1 Å². The van der Waals surface area contributed by atoms with E-state index in [9.17, 15) is 14.4 Å². The fourth-order valence-corrected chi connectivity index (χ4v) is 6.09. The lowest BCUT2D eigenvalue weighted by atomic mass is 9.98. The van der Waals surface area contributed by atoms with E-state index >= 15 is 0 Å². The molecule has 258 valence electrons. The number of tetrazole rings is 1. The summed E-state index contributed by atoms with van der Waals surface area (Å²) >= 11 is 6.50. The molecule has 2 fully saturated rings. The first-order chi connectivity index (χ1) is 23.7. The number of unbranched alkanes of at least 4 members (excludes halogenated alkanes) is 1. The molecule has 0 bridgehead atoms. The van der Waals surface area contributed by atoms with E-state index in [1.54, 1.807) is 4.57 Å². The monoisotopic (exact) mass is 696 g/mol. The number of rotatable bonds is 12. The maximum atomic E-state index is 13.4. The highest BCUT2D eigenvalue weighted by molar-refractivity contribution is 6.32. The Morgan fingerprint density at radius 2 is 1.71 bits per heavy atom. The minimum Gasteiger partial charge on any atom is -0.450 e. The summed E-state index contributed by atoms with van der Waals surface area (Å²) in [4.78, 5) is 41.4. The maximum Gasteiger partial charge on any atom is 0.511 e. The van der Waals surface area contributed by atoms with Crippen molar-refractivity contribution in [3.8, 4) is 22.5 Å². The zero-order chi connectivity index (χ0) is 34.5. The van der Waals surface area contributed by atoms with Crippen molar-refractivity contribution in [1.82, 2.24) is 30.2 Å². The molecule has 0 spiro atoms. The Morgan fingerprint density at radius 1 is 1.02 bits per heavy atom. The number of H-pyrrole nitrogens is 1. The van der Waals surface area contributed by atoms with Gasteiger partial charge in [-0.05, 0) is 28.3 Å². The molecule has 1 unspecified atom stereocenters. The van der Waals surface area contributed by atoms with E-state index < -0.39 is 49.0 Å². The predicted molar refractivity (Wildman–Crippen MR) is 169 cm³/mol. The molecule has 2 aliphatic rings. The summed E-state index contributed by atoms with van der Waals surface area (Å²) in [6.45, 7) is 3.57. The molecule has 4 heterocycles. The van der Waals surface area contributed by atoms with Crippen LogP contribution in [0.3, 0.4) is 0 Å². The number of carbonyl (C=O) groups is 3. The van der Waals surface area contributed by atoms with Gasteiger partial charge in [-0.2, -0.15) is 5.21 Å². The van der Waals surface area contributed by atoms with E-state index in [4.69, 9.17) is 45.1 Å². The Hall–Kier alpha value is -5.06. The summed E-state index contributed by atoms with van der Waals surface area (Å²) in [5.41, 5.74) is 3.57. The van der Waals surface area contributed by atoms with E-state index in [0.29, 0.717) is 18.1 Å². The molecular weight excluding hydrogens is 664 g/mol. The number of esters is 1. The average molecular weight is 697 g/mol. The molecule has 2 saturated heterocycles. The second-order valence-electron chi connectivity index (χ2n) is 11.4. The second kappa shape index (κ2) is 15.0. The third-order valence-electron chi connectivity index (χ3n) is 8.07. The van der Waals surface area contributed by atoms with Crippen LogP contribution in [0.5, 0.6) is 0 Å². The molecule has 4 aromatic rings. The number of fused-ring (bicyclic) bond motifs is 1. The SMILES string of the molecule is CCCCc1nc(Cl)c(C(=O)OC(C)OC(=O)O[C@@H]2CO[C@H]3[C@@H]2OC[C@H]3OC(=O)O)n1Cc1ccc(-c2ccccc2-c2nn[nH]n2)cc1. The Bertz CT molecular complexity index is 1780. The Labute approximate surface area is 284 Å². The van der Waals surface area contributed by atoms with Crippen molar-refractivity contribution in [2.75, 3.05) is 13.2 Å². The second-order valence-corrected chi connectivity index (χ2v) is 11.7. The molecule has 0 aliphatic carbocycles. The predicted octanol–water partition coefficient (Wildman–Crippen LogP) is 4.66. The topological polar surface area (TPSA) is 199 Å². The van der Waals surface area contributed by atoms with Crippen LogP contribution in [-0.4, -0.2) is 97.5 Å². The molecule has 0 saturated carbocycles. The third kappa shape index (κ3) is 7.66. The lowest BCUT2D eigenvalue weighted by molar-refractivity contribution is -0.0991. The normalized spacial score (nSPS) is 20.4. The maximum absolute atomic E-state index is 13.4. The highest BCUT2D eigenvalue weighted by Gasteiger charge is 2.51. The first-order valence-electron chi connectivity index (χ1n) is 15.6. The molecule has 0 radical (unpaired) electrons. The van der Waals surface area contributed by atoms with Crippen molar-refractivity contribution < 1.29 is 47.9 Å². The van der Waals surface area contributed by atoms with E-state index in [-0.39, 0.29) is 30.6 Å². The van der Waals surface area contributed by atoms with E-state index in [1.165, 1.54) is 6.92 Å². The summed E-state index contributed by atoms with van der Waals surface area (Å²) in [5, 5.41) is 23.2. The zero-order valence-corrected chi connectivity index (χ0v) is 27.2. The van der Waals surface area contributed by atoms with E-state index in [2.05, 4.69) is 25.6 Å². The summed E-state index contributed by atoms with van der Waals surface area (Å²) in [6.07, 6.45) is -4.85. The first-order valence-corrected chi connectivity index (χ1v) is 16.0. The fourth-order valence-electron chi connectivity index (χ4n) is 5.81. The van der Waals surface area contributed by atoms with Crippen molar-refractivity contribution >= 4 is 29.9 Å². The van der Waals surface area contributed by atoms with Gasteiger partial charge in [0, 0.05) is 25.5 Å². The van der Waals surface area contributed by atoms with Crippen LogP contribution in [0.25, 0.3) is 22.5 Å². The number of carbonyl (C=O) groups excluding carboxylic acids is 2. The molecule has 2 aromatic carbocycles. The van der Waals surface area contributed by atoms with Gasteiger partial charge >= 0.3 is 18.3 Å². The minimum atomic E-state index is -1.46. The first kappa shape index (κ1) is 33.8. The molecule has 49 heavy (non-hydrogen) atoms. The number of ether oxygens (including phenoxy) is 6. The number of aromatic amines is 1. The van der Waals surface area contributed by atoms with Crippen LogP contribution in [0.1, 0.15) is 48.6 Å². The van der Waals surface area contributed by atoms with Gasteiger partial charge in [0.05, 0.1) is 13.2 Å². The van der Waals surface area contributed by atoms with Crippen molar-refractivity contribution in [2.24, 2.45) is 0 Å². The molecule has 2 N–H and O–H groups in total. The molecule has 16 nitrogen and oxygen atoms in total. The largest absolute Gasteiger partial charge is 0.511 e. The minimum absolute atomic E-state index is 0.0129. The number of benzene rings is 2. The molecule has 0 amide bonds. The van der Waals surface area contributed by atoms with Gasteiger partial charge in [0.1, 0.15) is 18.0 Å². The molecule has 17 heteroatoms. The Kier molecular flexibility index (Phi) is 10.4. The van der Waals surface area contributed by atoms with Crippen molar-refractivity contribution in [3.63, 3.8) is 0 Å². The zero-order valence-electron chi connectivity index (χ0n) is 26.5.